The molecule has 1 aromatic rings. The number of carbonyl (C=O) groups excluding carboxylic acids is 1. The monoisotopic (exact) mass is 260 g/mol. The second kappa shape index (κ2) is 6.71. The number of hydrogen-bond acceptors (Lipinski definition) is 2. The number of nitrogens with two attached hydrogens (primary N) is 1. The van der Waals surface area contributed by atoms with Crippen molar-refractivity contribution in [1.82, 2.24) is 5.32 Å². The Bertz CT molecular complexity index is 431. The van der Waals surface area contributed by atoms with E-state index >= 15 is 0 Å². The first-order valence-electron chi connectivity index (χ1n) is 7.33. The van der Waals surface area contributed by atoms with Crippen LogP contribution < -0.4 is 11.1 Å². The van der Waals surface area contributed by atoms with E-state index in [9.17, 15) is 4.79 Å². The minimum Gasteiger partial charge on any atom is -0.354 e. The summed E-state index contributed by atoms with van der Waals surface area (Å²) in [6.07, 6.45) is 5.22. The highest BCUT2D eigenvalue weighted by Crippen LogP contribution is 2.30. The van der Waals surface area contributed by atoms with Gasteiger partial charge >= 0.3 is 0 Å². The van der Waals surface area contributed by atoms with E-state index in [0.29, 0.717) is 12.5 Å². The Balaban J connectivity index is 1.92. The van der Waals surface area contributed by atoms with Crippen LogP contribution in [0.1, 0.15) is 49.7 Å². The summed E-state index contributed by atoms with van der Waals surface area (Å²) < 4.78 is 0. The fraction of sp³-hybridized carbons (Fsp3) is 0.562. The summed E-state index contributed by atoms with van der Waals surface area (Å²) in [7, 11) is 0. The van der Waals surface area contributed by atoms with Gasteiger partial charge in [0.25, 0.3) is 0 Å². The molecule has 0 aromatic heterocycles. The minimum atomic E-state index is -0.358. The maximum absolute atomic E-state index is 11.9. The third-order valence-corrected chi connectivity index (χ3v) is 3.95. The third-order valence-electron chi connectivity index (χ3n) is 3.95. The molecule has 2 unspecified atom stereocenters. The highest BCUT2D eigenvalue weighted by Gasteiger charge is 2.21. The zero-order chi connectivity index (χ0) is 13.7. The van der Waals surface area contributed by atoms with Gasteiger partial charge in [-0.2, -0.15) is 0 Å². The summed E-state index contributed by atoms with van der Waals surface area (Å²) >= 11 is 0. The summed E-state index contributed by atoms with van der Waals surface area (Å²) in [6.45, 7) is 2.76. The minimum absolute atomic E-state index is 0.00935. The molecule has 0 aliphatic heterocycles. The van der Waals surface area contributed by atoms with E-state index < -0.39 is 0 Å². The van der Waals surface area contributed by atoms with Crippen LogP contribution in [0.4, 0.5) is 0 Å². The van der Waals surface area contributed by atoms with Crippen molar-refractivity contribution in [2.75, 3.05) is 6.54 Å². The SMILES string of the molecule is CCCC(N)C(=O)NCC1CCCc2ccccc21. The van der Waals surface area contributed by atoms with Crippen LogP contribution in [0.5, 0.6) is 0 Å². The largest absolute Gasteiger partial charge is 0.354 e. The molecule has 2 rings (SSSR count). The first-order valence-corrected chi connectivity index (χ1v) is 7.33. The maximum Gasteiger partial charge on any atom is 0.236 e. The predicted octanol–water partition coefficient (Wildman–Crippen LogP) is 2.35. The molecule has 0 saturated heterocycles. The lowest BCUT2D eigenvalue weighted by molar-refractivity contribution is -0.122. The molecular weight excluding hydrogens is 236 g/mol. The molecule has 3 heteroatoms. The molecule has 19 heavy (non-hydrogen) atoms. The van der Waals surface area contributed by atoms with Crippen molar-refractivity contribution in [3.05, 3.63) is 35.4 Å². The van der Waals surface area contributed by atoms with Crippen LogP contribution in [0.3, 0.4) is 0 Å². The highest BCUT2D eigenvalue weighted by atomic mass is 16.2. The quantitative estimate of drug-likeness (QED) is 0.854. The van der Waals surface area contributed by atoms with E-state index in [1.165, 1.54) is 17.5 Å². The van der Waals surface area contributed by atoms with Crippen LogP contribution in [0, 0.1) is 0 Å². The second-order valence-electron chi connectivity index (χ2n) is 5.43. The normalized spacial score (nSPS) is 19.6. The Kier molecular flexibility index (Phi) is 4.97. The van der Waals surface area contributed by atoms with Crippen molar-refractivity contribution >= 4 is 5.91 Å². The van der Waals surface area contributed by atoms with Crippen molar-refractivity contribution in [2.24, 2.45) is 5.73 Å². The van der Waals surface area contributed by atoms with Crippen molar-refractivity contribution in [2.45, 2.75) is 51.0 Å². The Hall–Kier alpha value is -1.35. The van der Waals surface area contributed by atoms with Crippen LogP contribution >= 0.6 is 0 Å². The molecular formula is C16H24N2O. The Morgan fingerprint density at radius 3 is 3.05 bits per heavy atom. The lowest BCUT2D eigenvalue weighted by Crippen LogP contribution is -2.42. The second-order valence-corrected chi connectivity index (χ2v) is 5.43. The number of aryl methyl sites for hydroxylation is 1. The van der Waals surface area contributed by atoms with Crippen LogP contribution in [0.25, 0.3) is 0 Å². The van der Waals surface area contributed by atoms with E-state index in [4.69, 9.17) is 5.73 Å². The van der Waals surface area contributed by atoms with E-state index in [-0.39, 0.29) is 11.9 Å². The van der Waals surface area contributed by atoms with Gasteiger partial charge in [-0.15, -0.1) is 0 Å². The van der Waals surface area contributed by atoms with Crippen LogP contribution in [0.15, 0.2) is 24.3 Å². The zero-order valence-corrected chi connectivity index (χ0v) is 11.7. The first-order chi connectivity index (χ1) is 9.22. The summed E-state index contributed by atoms with van der Waals surface area (Å²) in [5.74, 6) is 0.438. The number of amides is 1. The molecule has 0 spiro atoms. The fourth-order valence-corrected chi connectivity index (χ4v) is 2.86. The fourth-order valence-electron chi connectivity index (χ4n) is 2.86. The molecule has 3 N–H and O–H groups in total. The van der Waals surface area contributed by atoms with Gasteiger partial charge in [-0.05, 0) is 36.8 Å². The molecule has 104 valence electrons. The van der Waals surface area contributed by atoms with Gasteiger partial charge in [-0.3, -0.25) is 4.79 Å². The van der Waals surface area contributed by atoms with E-state index in [1.54, 1.807) is 0 Å². The Morgan fingerprint density at radius 1 is 1.47 bits per heavy atom. The molecule has 0 saturated carbocycles. The van der Waals surface area contributed by atoms with Gasteiger partial charge in [-0.1, -0.05) is 37.6 Å². The average molecular weight is 260 g/mol. The van der Waals surface area contributed by atoms with Gasteiger partial charge < -0.3 is 11.1 Å². The molecule has 2 atom stereocenters. The van der Waals surface area contributed by atoms with E-state index in [2.05, 4.69) is 29.6 Å². The van der Waals surface area contributed by atoms with Crippen LogP contribution in [-0.2, 0) is 11.2 Å². The molecule has 0 fully saturated rings. The molecule has 1 aliphatic rings. The molecule has 0 heterocycles. The van der Waals surface area contributed by atoms with Crippen molar-refractivity contribution in [3.63, 3.8) is 0 Å². The van der Waals surface area contributed by atoms with Gasteiger partial charge in [0.15, 0.2) is 0 Å². The van der Waals surface area contributed by atoms with Gasteiger partial charge in [0.05, 0.1) is 6.04 Å². The number of benzene rings is 1. The number of carbonyl (C=O) groups is 1. The van der Waals surface area contributed by atoms with Crippen molar-refractivity contribution < 1.29 is 4.79 Å². The molecule has 1 aliphatic carbocycles. The maximum atomic E-state index is 11.9. The number of nitrogens with one attached hydrogen (secondary N) is 1. The summed E-state index contributed by atoms with van der Waals surface area (Å²) in [4.78, 5) is 11.9. The number of rotatable bonds is 5. The van der Waals surface area contributed by atoms with E-state index in [1.807, 2.05) is 6.92 Å². The first kappa shape index (κ1) is 14.1. The van der Waals surface area contributed by atoms with Gasteiger partial charge in [0, 0.05) is 12.5 Å². The molecule has 0 bridgehead atoms. The average Bonchev–Trinajstić information content (AvgIpc) is 2.45. The highest BCUT2D eigenvalue weighted by molar-refractivity contribution is 5.81. The topological polar surface area (TPSA) is 55.1 Å². The molecule has 0 radical (unpaired) electrons. The molecule has 1 aromatic carbocycles. The van der Waals surface area contributed by atoms with Crippen LogP contribution in [-0.4, -0.2) is 18.5 Å². The standard InChI is InChI=1S/C16H24N2O/c1-2-6-15(17)16(19)18-11-13-9-5-8-12-7-3-4-10-14(12)13/h3-4,7,10,13,15H,2,5-6,8-9,11,17H2,1H3,(H,18,19). The summed E-state index contributed by atoms with van der Waals surface area (Å²) in [5.41, 5.74) is 8.66. The van der Waals surface area contributed by atoms with Gasteiger partial charge in [0.2, 0.25) is 5.91 Å². The van der Waals surface area contributed by atoms with Crippen molar-refractivity contribution in [1.29, 1.82) is 0 Å². The number of fused-ring (bicyclic) bond motifs is 1. The Labute approximate surface area is 115 Å². The van der Waals surface area contributed by atoms with E-state index in [0.717, 1.165) is 25.7 Å². The number of hydrogen-bond donors (Lipinski definition) is 2. The summed E-state index contributed by atoms with van der Waals surface area (Å²) in [5, 5.41) is 3.01. The van der Waals surface area contributed by atoms with Gasteiger partial charge in [-0.25, -0.2) is 0 Å². The van der Waals surface area contributed by atoms with Crippen LogP contribution in [0.2, 0.25) is 0 Å². The predicted molar refractivity (Wildman–Crippen MR) is 78.0 cm³/mol. The molecule has 3 nitrogen and oxygen atoms in total. The summed E-state index contributed by atoms with van der Waals surface area (Å²) in [6, 6.07) is 8.21. The smallest absolute Gasteiger partial charge is 0.236 e. The molecule has 1 amide bonds. The zero-order valence-electron chi connectivity index (χ0n) is 11.7. The lowest BCUT2D eigenvalue weighted by atomic mass is 9.83. The lowest BCUT2D eigenvalue weighted by Gasteiger charge is -2.26. The van der Waals surface area contributed by atoms with Gasteiger partial charge in [0.1, 0.15) is 0 Å². The third kappa shape index (κ3) is 3.57. The Morgan fingerprint density at radius 2 is 2.26 bits per heavy atom. The van der Waals surface area contributed by atoms with Crippen molar-refractivity contribution in [3.8, 4) is 0 Å².